The lowest BCUT2D eigenvalue weighted by molar-refractivity contribution is 0.0646. The van der Waals surface area contributed by atoms with E-state index in [9.17, 15) is 9.59 Å². The number of fused-ring (bicyclic) bond motifs is 1. The smallest absolute Gasteiger partial charge is 0.410 e. The van der Waals surface area contributed by atoms with Gasteiger partial charge in [0.2, 0.25) is 0 Å². The zero-order valence-electron chi connectivity index (χ0n) is 16.5. The van der Waals surface area contributed by atoms with Crippen LogP contribution in [-0.2, 0) is 17.7 Å². The van der Waals surface area contributed by atoms with Crippen LogP contribution in [0.1, 0.15) is 41.0 Å². The van der Waals surface area contributed by atoms with Gasteiger partial charge in [-0.3, -0.25) is 14.7 Å². The van der Waals surface area contributed by atoms with Crippen molar-refractivity contribution in [2.75, 3.05) is 6.54 Å². The standard InChI is InChI=1S/C23H23N3O3/c1-15(2)29-23(28)26-13-19-21(20(27)14-26)18(12-16-6-4-3-5-7-16)22(25-19)17-8-10-24-11-9-17/h3-11,15,25H,12-14H2,1-2H3. The quantitative estimate of drug-likeness (QED) is 0.725. The van der Waals surface area contributed by atoms with E-state index in [1.54, 1.807) is 26.2 Å². The Hall–Kier alpha value is -3.41. The fraction of sp³-hybridized carbons (Fsp3) is 0.261. The molecule has 3 heterocycles. The van der Waals surface area contributed by atoms with Gasteiger partial charge in [0.15, 0.2) is 5.78 Å². The molecule has 1 amide bonds. The van der Waals surface area contributed by atoms with Gasteiger partial charge < -0.3 is 9.72 Å². The van der Waals surface area contributed by atoms with Crippen molar-refractivity contribution in [2.45, 2.75) is 32.9 Å². The number of hydrogen-bond donors (Lipinski definition) is 1. The minimum Gasteiger partial charge on any atom is -0.447 e. The largest absolute Gasteiger partial charge is 0.447 e. The van der Waals surface area contributed by atoms with Crippen molar-refractivity contribution in [3.8, 4) is 11.3 Å². The summed E-state index contributed by atoms with van der Waals surface area (Å²) in [7, 11) is 0. The molecule has 0 atom stereocenters. The maximum atomic E-state index is 13.1. The first-order valence-electron chi connectivity index (χ1n) is 9.69. The molecule has 1 aliphatic rings. The number of amides is 1. The molecule has 0 spiro atoms. The summed E-state index contributed by atoms with van der Waals surface area (Å²) in [4.78, 5) is 34.4. The monoisotopic (exact) mass is 389 g/mol. The SMILES string of the molecule is CC(C)OC(=O)N1CC(=O)c2c([nH]c(-c3ccncc3)c2Cc2ccccc2)C1. The molecule has 6 nitrogen and oxygen atoms in total. The van der Waals surface area contributed by atoms with E-state index in [0.29, 0.717) is 18.5 Å². The minimum atomic E-state index is -0.469. The van der Waals surface area contributed by atoms with Crippen LogP contribution in [0.25, 0.3) is 11.3 Å². The van der Waals surface area contributed by atoms with Gasteiger partial charge in [-0.05, 0) is 37.1 Å². The van der Waals surface area contributed by atoms with Crippen molar-refractivity contribution in [3.63, 3.8) is 0 Å². The van der Waals surface area contributed by atoms with Crippen LogP contribution < -0.4 is 0 Å². The Morgan fingerprint density at radius 1 is 1.14 bits per heavy atom. The van der Waals surface area contributed by atoms with Gasteiger partial charge in [0.1, 0.15) is 0 Å². The molecule has 0 radical (unpaired) electrons. The molecule has 3 aromatic rings. The molecule has 0 saturated heterocycles. The number of aromatic nitrogens is 2. The molecule has 1 aromatic carbocycles. The molecular formula is C23H23N3O3. The first-order valence-corrected chi connectivity index (χ1v) is 9.69. The van der Waals surface area contributed by atoms with Crippen molar-refractivity contribution in [1.29, 1.82) is 0 Å². The maximum Gasteiger partial charge on any atom is 0.410 e. The minimum absolute atomic E-state index is 0.0218. The Balaban J connectivity index is 1.76. The Labute approximate surface area is 169 Å². The lowest BCUT2D eigenvalue weighted by atomic mass is 9.94. The number of carbonyl (C=O) groups is 2. The zero-order valence-corrected chi connectivity index (χ0v) is 16.5. The van der Waals surface area contributed by atoms with E-state index in [1.807, 2.05) is 30.3 Å². The summed E-state index contributed by atoms with van der Waals surface area (Å²) in [5, 5.41) is 0. The molecule has 6 heteroatoms. The van der Waals surface area contributed by atoms with E-state index >= 15 is 0 Å². The van der Waals surface area contributed by atoms with E-state index in [1.165, 1.54) is 4.90 Å². The summed E-state index contributed by atoms with van der Waals surface area (Å²) in [5.41, 5.74) is 5.38. The number of ether oxygens (including phenoxy) is 1. The average molecular weight is 389 g/mol. The lowest BCUT2D eigenvalue weighted by Crippen LogP contribution is -2.40. The lowest BCUT2D eigenvalue weighted by Gasteiger charge is -2.26. The fourth-order valence-electron chi connectivity index (χ4n) is 3.70. The topological polar surface area (TPSA) is 75.3 Å². The highest BCUT2D eigenvalue weighted by atomic mass is 16.6. The molecule has 29 heavy (non-hydrogen) atoms. The number of H-pyrrole nitrogens is 1. The molecule has 148 valence electrons. The number of benzene rings is 1. The number of pyridine rings is 1. The van der Waals surface area contributed by atoms with Crippen molar-refractivity contribution < 1.29 is 14.3 Å². The van der Waals surface area contributed by atoms with Crippen LogP contribution >= 0.6 is 0 Å². The third-order valence-corrected chi connectivity index (χ3v) is 4.93. The van der Waals surface area contributed by atoms with Crippen molar-refractivity contribution in [3.05, 3.63) is 77.2 Å². The second-order valence-corrected chi connectivity index (χ2v) is 7.44. The van der Waals surface area contributed by atoms with Crippen LogP contribution in [-0.4, -0.2) is 39.4 Å². The third-order valence-electron chi connectivity index (χ3n) is 4.93. The highest BCUT2D eigenvalue weighted by Crippen LogP contribution is 2.33. The number of nitrogens with zero attached hydrogens (tertiary/aromatic N) is 2. The van der Waals surface area contributed by atoms with Crippen LogP contribution in [0.3, 0.4) is 0 Å². The number of nitrogens with one attached hydrogen (secondary N) is 1. The van der Waals surface area contributed by atoms with E-state index in [0.717, 1.165) is 28.1 Å². The van der Waals surface area contributed by atoms with Gasteiger partial charge in [0, 0.05) is 35.6 Å². The Bertz CT molecular complexity index is 1030. The second-order valence-electron chi connectivity index (χ2n) is 7.44. The maximum absolute atomic E-state index is 13.1. The number of rotatable bonds is 4. The summed E-state index contributed by atoms with van der Waals surface area (Å²) >= 11 is 0. The van der Waals surface area contributed by atoms with E-state index in [2.05, 4.69) is 22.1 Å². The Morgan fingerprint density at radius 2 is 1.86 bits per heavy atom. The number of carbonyl (C=O) groups excluding carboxylic acids is 2. The Morgan fingerprint density at radius 3 is 2.55 bits per heavy atom. The summed E-state index contributed by atoms with van der Waals surface area (Å²) in [6.07, 6.45) is 3.39. The first-order chi connectivity index (χ1) is 14.0. The number of hydrogen-bond acceptors (Lipinski definition) is 4. The number of aromatic amines is 1. The normalized spacial score (nSPS) is 13.5. The van der Waals surface area contributed by atoms with Gasteiger partial charge in [0.25, 0.3) is 0 Å². The van der Waals surface area contributed by atoms with Gasteiger partial charge in [-0.2, -0.15) is 0 Å². The predicted octanol–water partition coefficient (Wildman–Crippen LogP) is 4.21. The first kappa shape index (κ1) is 18.9. The predicted molar refractivity (Wildman–Crippen MR) is 110 cm³/mol. The van der Waals surface area contributed by atoms with Crippen molar-refractivity contribution in [1.82, 2.24) is 14.9 Å². The molecule has 2 aromatic heterocycles. The van der Waals surface area contributed by atoms with Gasteiger partial charge in [-0.15, -0.1) is 0 Å². The average Bonchev–Trinajstić information content (AvgIpc) is 3.08. The molecular weight excluding hydrogens is 366 g/mol. The molecule has 0 saturated carbocycles. The van der Waals surface area contributed by atoms with Crippen molar-refractivity contribution in [2.24, 2.45) is 0 Å². The molecule has 1 aliphatic heterocycles. The molecule has 0 unspecified atom stereocenters. The van der Waals surface area contributed by atoms with E-state index in [-0.39, 0.29) is 18.4 Å². The number of ketones is 1. The van der Waals surface area contributed by atoms with Gasteiger partial charge >= 0.3 is 6.09 Å². The van der Waals surface area contributed by atoms with Gasteiger partial charge in [-0.25, -0.2) is 4.79 Å². The van der Waals surface area contributed by atoms with Gasteiger partial charge in [-0.1, -0.05) is 30.3 Å². The Kier molecular flexibility index (Phi) is 5.16. The second kappa shape index (κ2) is 7.91. The number of Topliss-reactive ketones (excluding diaryl/α,β-unsaturated/α-hetero) is 1. The molecule has 4 rings (SSSR count). The summed E-state index contributed by atoms with van der Waals surface area (Å²) in [5.74, 6) is -0.0746. The highest BCUT2D eigenvalue weighted by Gasteiger charge is 2.33. The van der Waals surface area contributed by atoms with Crippen LogP contribution in [0.15, 0.2) is 54.9 Å². The molecule has 0 bridgehead atoms. The van der Waals surface area contributed by atoms with Crippen LogP contribution in [0.5, 0.6) is 0 Å². The van der Waals surface area contributed by atoms with Gasteiger partial charge in [0.05, 0.1) is 24.9 Å². The summed E-state index contributed by atoms with van der Waals surface area (Å²) in [6, 6.07) is 13.9. The van der Waals surface area contributed by atoms with E-state index < -0.39 is 6.09 Å². The molecule has 1 N–H and O–H groups in total. The van der Waals surface area contributed by atoms with Crippen LogP contribution in [0.2, 0.25) is 0 Å². The van der Waals surface area contributed by atoms with E-state index in [4.69, 9.17) is 4.74 Å². The third kappa shape index (κ3) is 3.92. The summed E-state index contributed by atoms with van der Waals surface area (Å²) < 4.78 is 5.28. The fourth-order valence-corrected chi connectivity index (χ4v) is 3.70. The summed E-state index contributed by atoms with van der Waals surface area (Å²) in [6.45, 7) is 3.93. The molecule has 0 fully saturated rings. The van der Waals surface area contributed by atoms with Crippen LogP contribution in [0, 0.1) is 0 Å². The molecule has 0 aliphatic carbocycles. The van der Waals surface area contributed by atoms with Crippen molar-refractivity contribution >= 4 is 11.9 Å². The highest BCUT2D eigenvalue weighted by molar-refractivity contribution is 6.04. The zero-order chi connectivity index (χ0) is 20.4. The van der Waals surface area contributed by atoms with Crippen LogP contribution in [0.4, 0.5) is 4.79 Å².